The third kappa shape index (κ3) is 1.75. The highest BCUT2D eigenvalue weighted by atomic mass is 32.1. The number of imidazole rings is 1. The van der Waals surface area contributed by atoms with Gasteiger partial charge in [0.2, 0.25) is 0 Å². The van der Waals surface area contributed by atoms with Crippen molar-refractivity contribution in [2.24, 2.45) is 11.3 Å². The summed E-state index contributed by atoms with van der Waals surface area (Å²) < 4.78 is 8.36. The van der Waals surface area contributed by atoms with Crippen molar-refractivity contribution in [3.63, 3.8) is 0 Å². The first kappa shape index (κ1) is 11.8. The molecule has 3 nitrogen and oxygen atoms in total. The number of hydrogen-bond acceptors (Lipinski definition) is 2. The molecule has 1 atom stereocenters. The zero-order chi connectivity index (χ0) is 12.9. The Kier molecular flexibility index (Phi) is 2.52. The van der Waals surface area contributed by atoms with Crippen molar-refractivity contribution in [2.45, 2.75) is 26.8 Å². The van der Waals surface area contributed by atoms with E-state index in [1.807, 2.05) is 12.1 Å². The van der Waals surface area contributed by atoms with Crippen molar-refractivity contribution in [2.75, 3.05) is 7.11 Å². The first-order valence-electron chi connectivity index (χ1n) is 6.28. The van der Waals surface area contributed by atoms with Crippen LogP contribution in [0.1, 0.15) is 20.3 Å². The van der Waals surface area contributed by atoms with Gasteiger partial charge in [-0.25, -0.2) is 0 Å². The van der Waals surface area contributed by atoms with Gasteiger partial charge < -0.3 is 14.3 Å². The van der Waals surface area contributed by atoms with Crippen LogP contribution in [0.2, 0.25) is 0 Å². The lowest BCUT2D eigenvalue weighted by Crippen LogP contribution is -2.03. The van der Waals surface area contributed by atoms with E-state index in [0.717, 1.165) is 34.0 Å². The largest absolute Gasteiger partial charge is 0.494 e. The quantitative estimate of drug-likeness (QED) is 0.854. The van der Waals surface area contributed by atoms with Crippen LogP contribution in [0.4, 0.5) is 0 Å². The minimum atomic E-state index is 0.469. The van der Waals surface area contributed by atoms with Crippen molar-refractivity contribution < 1.29 is 4.74 Å². The second-order valence-electron chi connectivity index (χ2n) is 5.78. The third-order valence-electron chi connectivity index (χ3n) is 4.11. The monoisotopic (exact) mass is 262 g/mol. The predicted molar refractivity (Wildman–Crippen MR) is 75.6 cm³/mol. The molecule has 1 aromatic heterocycles. The fourth-order valence-electron chi connectivity index (χ4n) is 2.61. The molecule has 1 fully saturated rings. The summed E-state index contributed by atoms with van der Waals surface area (Å²) in [5.74, 6) is 1.59. The van der Waals surface area contributed by atoms with Crippen molar-refractivity contribution in [3.8, 4) is 5.75 Å². The number of H-pyrrole nitrogens is 1. The topological polar surface area (TPSA) is 29.9 Å². The van der Waals surface area contributed by atoms with Gasteiger partial charge in [-0.05, 0) is 42.1 Å². The number of aromatic amines is 1. The van der Waals surface area contributed by atoms with Gasteiger partial charge in [-0.1, -0.05) is 19.9 Å². The number of ether oxygens (including phenoxy) is 1. The lowest BCUT2D eigenvalue weighted by molar-refractivity contribution is 0.419. The summed E-state index contributed by atoms with van der Waals surface area (Å²) in [6, 6.07) is 6.07. The molecule has 1 aliphatic carbocycles. The van der Waals surface area contributed by atoms with Gasteiger partial charge in [-0.15, -0.1) is 0 Å². The number of benzene rings is 1. The predicted octanol–water partition coefficient (Wildman–Crippen LogP) is 3.75. The van der Waals surface area contributed by atoms with Crippen LogP contribution in [-0.2, 0) is 6.54 Å². The summed E-state index contributed by atoms with van der Waals surface area (Å²) in [7, 11) is 1.69. The molecule has 1 aromatic carbocycles. The summed E-state index contributed by atoms with van der Waals surface area (Å²) in [4.78, 5) is 3.26. The van der Waals surface area contributed by atoms with Gasteiger partial charge in [0.25, 0.3) is 0 Å². The van der Waals surface area contributed by atoms with Crippen LogP contribution < -0.4 is 4.74 Å². The highest BCUT2D eigenvalue weighted by Crippen LogP contribution is 2.52. The van der Waals surface area contributed by atoms with Crippen LogP contribution in [0.25, 0.3) is 11.0 Å². The Hall–Kier alpha value is -1.29. The maximum Gasteiger partial charge on any atom is 0.178 e. The molecule has 3 rings (SSSR count). The third-order valence-corrected chi connectivity index (χ3v) is 4.43. The smallest absolute Gasteiger partial charge is 0.178 e. The zero-order valence-electron chi connectivity index (χ0n) is 11.0. The van der Waals surface area contributed by atoms with Gasteiger partial charge >= 0.3 is 0 Å². The number of aromatic nitrogens is 2. The molecule has 2 aromatic rings. The van der Waals surface area contributed by atoms with Gasteiger partial charge in [0.15, 0.2) is 4.77 Å². The van der Waals surface area contributed by atoms with E-state index < -0.39 is 0 Å². The first-order chi connectivity index (χ1) is 8.53. The first-order valence-corrected chi connectivity index (χ1v) is 6.69. The van der Waals surface area contributed by atoms with E-state index in [-0.39, 0.29) is 0 Å². The van der Waals surface area contributed by atoms with Crippen LogP contribution in [0, 0.1) is 16.1 Å². The minimum Gasteiger partial charge on any atom is -0.494 e. The Bertz CT molecular complexity index is 653. The van der Waals surface area contributed by atoms with Crippen LogP contribution >= 0.6 is 12.2 Å². The van der Waals surface area contributed by atoms with Crippen molar-refractivity contribution >= 4 is 23.3 Å². The molecule has 4 heteroatoms. The molecule has 96 valence electrons. The number of hydrogen-bond donors (Lipinski definition) is 1. The molecule has 1 N–H and O–H groups in total. The Morgan fingerprint density at radius 2 is 2.22 bits per heavy atom. The normalized spacial score (nSPS) is 21.2. The number of fused-ring (bicyclic) bond motifs is 1. The van der Waals surface area contributed by atoms with Crippen molar-refractivity contribution in [3.05, 3.63) is 23.0 Å². The average Bonchev–Trinajstić information content (AvgIpc) is 2.80. The van der Waals surface area contributed by atoms with E-state index in [1.54, 1.807) is 7.11 Å². The fourth-order valence-corrected chi connectivity index (χ4v) is 2.89. The van der Waals surface area contributed by atoms with E-state index in [0.29, 0.717) is 5.41 Å². The van der Waals surface area contributed by atoms with Crippen LogP contribution in [-0.4, -0.2) is 16.7 Å². The highest BCUT2D eigenvalue weighted by Gasteiger charge is 2.45. The second-order valence-corrected chi connectivity index (χ2v) is 6.17. The average molecular weight is 262 g/mol. The lowest BCUT2D eigenvalue weighted by Gasteiger charge is -2.07. The Morgan fingerprint density at radius 1 is 1.50 bits per heavy atom. The van der Waals surface area contributed by atoms with Gasteiger partial charge in [0.1, 0.15) is 11.3 Å². The maximum absolute atomic E-state index is 5.43. The molecule has 18 heavy (non-hydrogen) atoms. The molecule has 0 bridgehead atoms. The molecule has 1 saturated carbocycles. The number of rotatable bonds is 3. The van der Waals surface area contributed by atoms with E-state index in [9.17, 15) is 0 Å². The van der Waals surface area contributed by atoms with Crippen LogP contribution in [0.3, 0.4) is 0 Å². The highest BCUT2D eigenvalue weighted by molar-refractivity contribution is 7.71. The molecule has 1 aliphatic rings. The summed E-state index contributed by atoms with van der Waals surface area (Å²) in [6.07, 6.45) is 1.28. The number of methoxy groups -OCH3 is 1. The van der Waals surface area contributed by atoms with Gasteiger partial charge in [-0.2, -0.15) is 0 Å². The van der Waals surface area contributed by atoms with Crippen molar-refractivity contribution in [1.29, 1.82) is 0 Å². The fraction of sp³-hybridized carbons (Fsp3) is 0.500. The Balaban J connectivity index is 2.07. The van der Waals surface area contributed by atoms with E-state index in [1.165, 1.54) is 6.42 Å². The molecule has 1 unspecified atom stereocenters. The SMILES string of the molecule is COc1cccc2c1[nH]c(=S)n2CC1CC1(C)C. The number of nitrogens with zero attached hydrogens (tertiary/aromatic N) is 1. The van der Waals surface area contributed by atoms with Crippen LogP contribution in [0.15, 0.2) is 18.2 Å². The molecule has 0 saturated heterocycles. The van der Waals surface area contributed by atoms with Gasteiger partial charge in [0, 0.05) is 6.54 Å². The lowest BCUT2D eigenvalue weighted by atomic mass is 10.1. The number of para-hydroxylation sites is 1. The molecular weight excluding hydrogens is 244 g/mol. The van der Waals surface area contributed by atoms with Gasteiger partial charge in [0.05, 0.1) is 12.6 Å². The summed E-state index contributed by atoms with van der Waals surface area (Å²) >= 11 is 5.43. The molecule has 0 aliphatic heterocycles. The van der Waals surface area contributed by atoms with E-state index in [4.69, 9.17) is 17.0 Å². The summed E-state index contributed by atoms with van der Waals surface area (Å²) in [6.45, 7) is 5.63. The summed E-state index contributed by atoms with van der Waals surface area (Å²) in [5, 5.41) is 0. The van der Waals surface area contributed by atoms with Gasteiger partial charge in [-0.3, -0.25) is 0 Å². The number of nitrogens with one attached hydrogen (secondary N) is 1. The summed E-state index contributed by atoms with van der Waals surface area (Å²) in [5.41, 5.74) is 2.61. The maximum atomic E-state index is 5.43. The van der Waals surface area contributed by atoms with E-state index >= 15 is 0 Å². The van der Waals surface area contributed by atoms with Crippen molar-refractivity contribution in [1.82, 2.24) is 9.55 Å². The zero-order valence-corrected chi connectivity index (χ0v) is 11.8. The second kappa shape index (κ2) is 3.85. The Morgan fingerprint density at radius 3 is 2.83 bits per heavy atom. The standard InChI is InChI=1S/C14H18N2OS/c1-14(2)7-9(14)8-16-10-5-4-6-11(17-3)12(10)15-13(16)18/h4-6,9H,7-8H2,1-3H3,(H,15,18). The molecule has 0 spiro atoms. The minimum absolute atomic E-state index is 0.469. The molecular formula is C14H18N2OS. The van der Waals surface area contributed by atoms with Crippen LogP contribution in [0.5, 0.6) is 5.75 Å². The molecule has 1 heterocycles. The molecule has 0 radical (unpaired) electrons. The van der Waals surface area contributed by atoms with E-state index in [2.05, 4.69) is 29.5 Å². The molecule has 0 amide bonds. The Labute approximate surface area is 112 Å².